The van der Waals surface area contributed by atoms with E-state index in [4.69, 9.17) is 9.47 Å². The number of methoxy groups -OCH3 is 1. The Morgan fingerprint density at radius 3 is 2.94 bits per heavy atom. The molecule has 6 heterocycles. The Morgan fingerprint density at radius 1 is 1.21 bits per heavy atom. The van der Waals surface area contributed by atoms with Gasteiger partial charge in [-0.2, -0.15) is 0 Å². The molecule has 0 aromatic carbocycles. The largest absolute Gasteiger partial charge is 0.480 e. The molecule has 0 spiro atoms. The lowest BCUT2D eigenvalue weighted by atomic mass is 10.0. The first-order valence-corrected chi connectivity index (χ1v) is 11.7. The number of aromatic nitrogens is 3. The Bertz CT molecular complexity index is 1270. The minimum atomic E-state index is 0.0847. The molecule has 170 valence electrons. The third-order valence-corrected chi connectivity index (χ3v) is 7.33. The van der Waals surface area contributed by atoms with E-state index in [-0.39, 0.29) is 6.03 Å². The number of urea groups is 1. The fourth-order valence-electron chi connectivity index (χ4n) is 4.53. The molecule has 0 unspecified atom stereocenters. The van der Waals surface area contributed by atoms with Gasteiger partial charge in [-0.15, -0.1) is 11.3 Å². The molecule has 3 aliphatic heterocycles. The van der Waals surface area contributed by atoms with Crippen molar-refractivity contribution in [1.29, 1.82) is 0 Å². The van der Waals surface area contributed by atoms with Gasteiger partial charge in [-0.1, -0.05) is 0 Å². The number of thiophene rings is 1. The van der Waals surface area contributed by atoms with Gasteiger partial charge in [-0.25, -0.2) is 19.7 Å². The summed E-state index contributed by atoms with van der Waals surface area (Å²) in [5.74, 6) is 1.23. The molecule has 0 atom stereocenters. The van der Waals surface area contributed by atoms with Crippen LogP contribution in [0.15, 0.2) is 17.4 Å². The van der Waals surface area contributed by atoms with Gasteiger partial charge in [0.25, 0.3) is 0 Å². The first-order chi connectivity index (χ1) is 16.2. The lowest BCUT2D eigenvalue weighted by Crippen LogP contribution is -2.49. The topological polar surface area (TPSA) is 105 Å². The number of carbonyl (C=O) groups is 1. The van der Waals surface area contributed by atoms with Crippen LogP contribution in [0.25, 0.3) is 10.2 Å². The van der Waals surface area contributed by atoms with Crippen LogP contribution in [0, 0.1) is 0 Å². The number of fused-ring (bicyclic) bond motifs is 4. The summed E-state index contributed by atoms with van der Waals surface area (Å²) in [6.07, 6.45) is 4.16. The number of hydrogen-bond acceptors (Lipinski definition) is 9. The molecule has 3 aromatic heterocycles. The standard InChI is InChI=1S/C22H23N7O3S/c1-31-20-15(8-13-9-23-10-16(13)27-20)26-19-18-14-2-3-29(22(30)28-4-6-32-7-5-28)11-17(14)33-21(18)25-12-24-19/h8-9,12H,2-7,10-11H2,1H3,(H,24,25,26). The zero-order chi connectivity index (χ0) is 22.4. The summed E-state index contributed by atoms with van der Waals surface area (Å²) in [4.78, 5) is 36.8. The number of ether oxygens (including phenoxy) is 2. The number of nitrogens with zero attached hydrogens (tertiary/aromatic N) is 6. The molecule has 6 rings (SSSR count). The normalized spacial score (nSPS) is 17.2. The van der Waals surface area contributed by atoms with E-state index in [1.807, 2.05) is 22.1 Å². The summed E-state index contributed by atoms with van der Waals surface area (Å²) in [5, 5.41) is 4.43. The lowest BCUT2D eigenvalue weighted by molar-refractivity contribution is 0.0423. The van der Waals surface area contributed by atoms with E-state index in [0.717, 1.165) is 44.3 Å². The quantitative estimate of drug-likeness (QED) is 0.634. The summed E-state index contributed by atoms with van der Waals surface area (Å²) >= 11 is 1.63. The fraction of sp³-hybridized carbons (Fsp3) is 0.409. The molecule has 0 aliphatic carbocycles. The number of anilines is 2. The number of hydrogen-bond donors (Lipinski definition) is 1. The van der Waals surface area contributed by atoms with Crippen molar-refractivity contribution in [2.45, 2.75) is 19.5 Å². The van der Waals surface area contributed by atoms with Crippen LogP contribution >= 0.6 is 11.3 Å². The average molecular weight is 466 g/mol. The average Bonchev–Trinajstić information content (AvgIpc) is 3.47. The summed E-state index contributed by atoms with van der Waals surface area (Å²) in [7, 11) is 1.61. The molecular weight excluding hydrogens is 442 g/mol. The first-order valence-electron chi connectivity index (χ1n) is 10.9. The van der Waals surface area contributed by atoms with E-state index in [0.29, 0.717) is 51.8 Å². The maximum absolute atomic E-state index is 13.0. The fourth-order valence-corrected chi connectivity index (χ4v) is 5.73. The maximum atomic E-state index is 13.0. The van der Waals surface area contributed by atoms with Crippen molar-refractivity contribution in [1.82, 2.24) is 24.8 Å². The number of amides is 2. The van der Waals surface area contributed by atoms with Crippen molar-refractivity contribution >= 4 is 45.3 Å². The number of pyridine rings is 1. The third kappa shape index (κ3) is 3.57. The first kappa shape index (κ1) is 20.3. The van der Waals surface area contributed by atoms with Gasteiger partial charge in [0, 0.05) is 36.3 Å². The second kappa shape index (κ2) is 8.23. The van der Waals surface area contributed by atoms with E-state index in [9.17, 15) is 4.79 Å². The molecule has 3 aliphatic rings. The van der Waals surface area contributed by atoms with E-state index in [1.165, 1.54) is 5.56 Å². The van der Waals surface area contributed by atoms with Gasteiger partial charge in [-0.3, -0.25) is 4.99 Å². The van der Waals surface area contributed by atoms with Crippen LogP contribution in [0.5, 0.6) is 5.88 Å². The van der Waals surface area contributed by atoms with E-state index in [1.54, 1.807) is 24.8 Å². The van der Waals surface area contributed by atoms with Gasteiger partial charge in [0.15, 0.2) is 0 Å². The number of nitrogens with one attached hydrogen (secondary N) is 1. The second-order valence-corrected chi connectivity index (χ2v) is 9.22. The van der Waals surface area contributed by atoms with Crippen molar-refractivity contribution in [2.24, 2.45) is 4.99 Å². The Labute approximate surface area is 194 Å². The maximum Gasteiger partial charge on any atom is 0.320 e. The van der Waals surface area contributed by atoms with Crippen molar-refractivity contribution in [3.05, 3.63) is 34.1 Å². The summed E-state index contributed by atoms with van der Waals surface area (Å²) in [5.41, 5.74) is 3.83. The van der Waals surface area contributed by atoms with Crippen LogP contribution in [0.1, 0.15) is 21.7 Å². The highest BCUT2D eigenvalue weighted by Crippen LogP contribution is 2.39. The zero-order valence-corrected chi connectivity index (χ0v) is 19.0. The lowest BCUT2D eigenvalue weighted by Gasteiger charge is -2.34. The molecular formula is C22H23N7O3S. The number of carbonyl (C=O) groups excluding carboxylic acids is 1. The summed E-state index contributed by atoms with van der Waals surface area (Å²) in [6.45, 7) is 4.33. The highest BCUT2D eigenvalue weighted by molar-refractivity contribution is 7.19. The van der Waals surface area contributed by atoms with Crippen molar-refractivity contribution in [3.63, 3.8) is 0 Å². The Balaban J connectivity index is 1.31. The van der Waals surface area contributed by atoms with Crippen LogP contribution in [-0.4, -0.2) is 77.0 Å². The van der Waals surface area contributed by atoms with Gasteiger partial charge < -0.3 is 24.6 Å². The summed E-state index contributed by atoms with van der Waals surface area (Å²) in [6, 6.07) is 2.08. The van der Waals surface area contributed by atoms with Gasteiger partial charge in [0.05, 0.1) is 44.5 Å². The Hall–Kier alpha value is -3.31. The van der Waals surface area contributed by atoms with E-state index in [2.05, 4.69) is 25.3 Å². The van der Waals surface area contributed by atoms with Crippen LogP contribution in [0.4, 0.5) is 16.3 Å². The smallest absolute Gasteiger partial charge is 0.320 e. The molecule has 33 heavy (non-hydrogen) atoms. The van der Waals surface area contributed by atoms with Crippen LogP contribution in [0.2, 0.25) is 0 Å². The van der Waals surface area contributed by atoms with Gasteiger partial charge >= 0.3 is 6.03 Å². The summed E-state index contributed by atoms with van der Waals surface area (Å²) < 4.78 is 10.9. The Morgan fingerprint density at radius 2 is 2.09 bits per heavy atom. The van der Waals surface area contributed by atoms with Crippen LogP contribution < -0.4 is 10.1 Å². The predicted molar refractivity (Wildman–Crippen MR) is 125 cm³/mol. The molecule has 0 radical (unpaired) electrons. The predicted octanol–water partition coefficient (Wildman–Crippen LogP) is 2.58. The molecule has 0 bridgehead atoms. The second-order valence-electron chi connectivity index (χ2n) is 8.14. The van der Waals surface area contributed by atoms with Crippen molar-refractivity contribution in [2.75, 3.05) is 45.3 Å². The molecule has 3 aromatic rings. The third-order valence-electron chi connectivity index (χ3n) is 6.21. The number of rotatable bonds is 3. The highest BCUT2D eigenvalue weighted by Gasteiger charge is 2.29. The van der Waals surface area contributed by atoms with Crippen LogP contribution in [-0.2, 0) is 24.2 Å². The number of morpholine rings is 1. The monoisotopic (exact) mass is 465 g/mol. The minimum Gasteiger partial charge on any atom is -0.480 e. The highest BCUT2D eigenvalue weighted by atomic mass is 32.1. The zero-order valence-electron chi connectivity index (χ0n) is 18.2. The molecule has 0 saturated carbocycles. The molecule has 2 amide bonds. The molecule has 10 nitrogen and oxygen atoms in total. The van der Waals surface area contributed by atoms with E-state index >= 15 is 0 Å². The molecule has 1 fully saturated rings. The number of aliphatic imine (C=N–C) groups is 1. The molecule has 1 saturated heterocycles. The van der Waals surface area contributed by atoms with Crippen molar-refractivity contribution < 1.29 is 14.3 Å². The van der Waals surface area contributed by atoms with Gasteiger partial charge in [0.1, 0.15) is 22.7 Å². The van der Waals surface area contributed by atoms with Gasteiger partial charge in [-0.05, 0) is 18.1 Å². The Kier molecular flexibility index (Phi) is 5.07. The van der Waals surface area contributed by atoms with E-state index < -0.39 is 0 Å². The molecule has 11 heteroatoms. The minimum absolute atomic E-state index is 0.0847. The SMILES string of the molecule is COc1nc2c(cc1Nc1ncnc3sc4c(c13)CCN(C(=O)N1CCOCC1)C4)C=NC2. The van der Waals surface area contributed by atoms with Crippen molar-refractivity contribution in [3.8, 4) is 5.88 Å². The molecule has 1 N–H and O–H groups in total. The van der Waals surface area contributed by atoms with Crippen LogP contribution in [0.3, 0.4) is 0 Å². The van der Waals surface area contributed by atoms with Gasteiger partial charge in [0.2, 0.25) is 5.88 Å².